The summed E-state index contributed by atoms with van der Waals surface area (Å²) in [5.41, 5.74) is 4.87. The summed E-state index contributed by atoms with van der Waals surface area (Å²) in [6.45, 7) is 11.4. The van der Waals surface area contributed by atoms with Gasteiger partial charge in [0.15, 0.2) is 0 Å². The van der Waals surface area contributed by atoms with Gasteiger partial charge in [-0.05, 0) is 33.4 Å². The number of hydrogen-bond donors (Lipinski definition) is 0. The molecule has 0 spiro atoms. The van der Waals surface area contributed by atoms with E-state index >= 15 is 0 Å². The Labute approximate surface area is 445 Å². The van der Waals surface area contributed by atoms with E-state index in [1.807, 2.05) is 109 Å². The van der Waals surface area contributed by atoms with E-state index in [2.05, 4.69) is 72.8 Å². The van der Waals surface area contributed by atoms with E-state index in [0.717, 1.165) is 33.4 Å². The SMILES string of the molecule is c1ccc(C(OCCOCCOCCOCCOCCOCCOCCOCCOCCOCCOCCOCCOC(c2ccccc2)(c2ccccc2)c2ccccc2)(c2ccccc2)c2ccccc2)cc1. The van der Waals surface area contributed by atoms with Crippen molar-refractivity contribution in [2.75, 3.05) is 159 Å². The first kappa shape index (κ1) is 59.1. The minimum Gasteiger partial charge on any atom is -0.377 e. The molecule has 75 heavy (non-hydrogen) atoms. The van der Waals surface area contributed by atoms with Crippen molar-refractivity contribution in [2.45, 2.75) is 11.2 Å². The Balaban J connectivity index is 0.646. The molecular weight excluding hydrogens is 953 g/mol. The highest BCUT2D eigenvalue weighted by atomic mass is 16.6. The van der Waals surface area contributed by atoms with Crippen molar-refractivity contribution < 1.29 is 61.6 Å². The molecule has 0 aliphatic carbocycles. The highest BCUT2D eigenvalue weighted by Crippen LogP contribution is 2.41. The van der Waals surface area contributed by atoms with Crippen LogP contribution in [-0.2, 0) is 72.8 Å². The van der Waals surface area contributed by atoms with E-state index in [1.54, 1.807) is 0 Å². The smallest absolute Gasteiger partial charge is 0.143 e. The largest absolute Gasteiger partial charge is 0.377 e. The zero-order chi connectivity index (χ0) is 51.8. The van der Waals surface area contributed by atoms with Gasteiger partial charge in [-0.15, -0.1) is 0 Å². The molecule has 404 valence electrons. The lowest BCUT2D eigenvalue weighted by molar-refractivity contribution is -0.0406. The van der Waals surface area contributed by atoms with Crippen LogP contribution in [0.5, 0.6) is 0 Å². The maximum Gasteiger partial charge on any atom is 0.143 e. The molecule has 0 unspecified atom stereocenters. The predicted octanol–water partition coefficient (Wildman–Crippen LogP) is 9.19. The van der Waals surface area contributed by atoms with Crippen LogP contribution in [-0.4, -0.2) is 159 Å². The minimum absolute atomic E-state index is 0.410. The normalized spacial score (nSPS) is 11.8. The number of hydrogen-bond acceptors (Lipinski definition) is 13. The van der Waals surface area contributed by atoms with Gasteiger partial charge in [-0.25, -0.2) is 0 Å². The second-order valence-electron chi connectivity index (χ2n) is 17.0. The Morgan fingerprint density at radius 2 is 0.280 bits per heavy atom. The van der Waals surface area contributed by atoms with Gasteiger partial charge >= 0.3 is 0 Å². The van der Waals surface area contributed by atoms with Gasteiger partial charge in [-0.3, -0.25) is 0 Å². The van der Waals surface area contributed by atoms with Crippen LogP contribution in [0, 0.1) is 0 Å². The molecule has 0 N–H and O–H groups in total. The fourth-order valence-corrected chi connectivity index (χ4v) is 8.35. The Bertz CT molecular complexity index is 1890. The number of ether oxygens (including phenoxy) is 13. The lowest BCUT2D eigenvalue weighted by Gasteiger charge is -2.36. The molecule has 0 aromatic heterocycles. The van der Waals surface area contributed by atoms with Gasteiger partial charge in [0.1, 0.15) is 11.2 Å². The average molecular weight is 1030 g/mol. The van der Waals surface area contributed by atoms with Crippen molar-refractivity contribution in [1.29, 1.82) is 0 Å². The molecule has 6 aromatic carbocycles. The monoisotopic (exact) mass is 1030 g/mol. The molecule has 0 fully saturated rings. The molecular formula is C62H78O13. The molecule has 13 nitrogen and oxygen atoms in total. The van der Waals surface area contributed by atoms with Crippen LogP contribution in [0.4, 0.5) is 0 Å². The van der Waals surface area contributed by atoms with E-state index < -0.39 is 11.2 Å². The third-order valence-corrected chi connectivity index (χ3v) is 11.9. The van der Waals surface area contributed by atoms with Gasteiger partial charge in [0, 0.05) is 0 Å². The van der Waals surface area contributed by atoms with Gasteiger partial charge in [0.05, 0.1) is 159 Å². The van der Waals surface area contributed by atoms with Gasteiger partial charge in [-0.1, -0.05) is 182 Å². The topological polar surface area (TPSA) is 120 Å². The average Bonchev–Trinajstić information content (AvgIpc) is 3.47. The molecule has 0 saturated heterocycles. The van der Waals surface area contributed by atoms with Crippen molar-refractivity contribution in [3.05, 3.63) is 215 Å². The van der Waals surface area contributed by atoms with Crippen LogP contribution in [0.2, 0.25) is 0 Å². The fourth-order valence-electron chi connectivity index (χ4n) is 8.35. The van der Waals surface area contributed by atoms with Gasteiger partial charge < -0.3 is 61.6 Å². The van der Waals surface area contributed by atoms with Crippen molar-refractivity contribution in [3.8, 4) is 0 Å². The molecule has 0 saturated carbocycles. The Hall–Kier alpha value is -5.20. The van der Waals surface area contributed by atoms with E-state index in [-0.39, 0.29) is 0 Å². The molecule has 0 aliphatic rings. The molecule has 6 aromatic rings. The van der Waals surface area contributed by atoms with E-state index in [1.165, 1.54) is 0 Å². The predicted molar refractivity (Wildman–Crippen MR) is 289 cm³/mol. The van der Waals surface area contributed by atoms with Crippen LogP contribution < -0.4 is 0 Å². The number of benzene rings is 6. The van der Waals surface area contributed by atoms with Crippen molar-refractivity contribution >= 4 is 0 Å². The van der Waals surface area contributed by atoms with Crippen LogP contribution in [0.1, 0.15) is 33.4 Å². The molecule has 0 aliphatic heterocycles. The summed E-state index contributed by atoms with van der Waals surface area (Å²) in [7, 11) is 0. The summed E-state index contributed by atoms with van der Waals surface area (Å²) in [5.74, 6) is 0. The summed E-state index contributed by atoms with van der Waals surface area (Å²) in [5, 5.41) is 0. The maximum atomic E-state index is 6.75. The van der Waals surface area contributed by atoms with E-state index in [4.69, 9.17) is 61.6 Å². The zero-order valence-electron chi connectivity index (χ0n) is 43.6. The second kappa shape index (κ2) is 37.5. The molecule has 13 heteroatoms. The lowest BCUT2D eigenvalue weighted by atomic mass is 9.80. The van der Waals surface area contributed by atoms with Crippen LogP contribution in [0.15, 0.2) is 182 Å². The summed E-state index contributed by atoms with van der Waals surface area (Å²) in [4.78, 5) is 0. The van der Waals surface area contributed by atoms with Crippen molar-refractivity contribution in [2.24, 2.45) is 0 Å². The first-order chi connectivity index (χ1) is 37.3. The zero-order valence-corrected chi connectivity index (χ0v) is 43.6. The van der Waals surface area contributed by atoms with Crippen LogP contribution in [0.3, 0.4) is 0 Å². The Kier molecular flexibility index (Phi) is 29.5. The second-order valence-corrected chi connectivity index (χ2v) is 17.0. The first-order valence-corrected chi connectivity index (χ1v) is 26.3. The maximum absolute atomic E-state index is 6.75. The quantitative estimate of drug-likeness (QED) is 0.0268. The van der Waals surface area contributed by atoms with Crippen molar-refractivity contribution in [1.82, 2.24) is 0 Å². The molecule has 6 rings (SSSR count). The number of rotatable bonds is 44. The standard InChI is InChI=1S/C62H78O13/c1-7-19-55(20-8-1)61(56-21-9-2-10-22-56,57-23-11-3-12-24-57)74-53-51-72-49-47-70-45-43-68-41-39-66-37-35-64-33-31-63-32-34-65-36-38-67-40-42-69-44-46-71-48-50-73-52-54-75-62(58-25-13-4-14-26-58,59-27-15-5-16-28-59)60-29-17-6-18-30-60/h1-30H,31-54H2. The summed E-state index contributed by atoms with van der Waals surface area (Å²) < 4.78 is 75.8. The first-order valence-electron chi connectivity index (χ1n) is 26.3. The van der Waals surface area contributed by atoms with E-state index in [0.29, 0.717) is 159 Å². The van der Waals surface area contributed by atoms with E-state index in [9.17, 15) is 0 Å². The highest BCUT2D eigenvalue weighted by Gasteiger charge is 2.38. The molecule has 0 heterocycles. The summed E-state index contributed by atoms with van der Waals surface area (Å²) in [6, 6.07) is 62.0. The third-order valence-electron chi connectivity index (χ3n) is 11.9. The molecule has 0 radical (unpaired) electrons. The fraction of sp³-hybridized carbons (Fsp3) is 0.419. The Morgan fingerprint density at radius 3 is 0.413 bits per heavy atom. The molecule has 0 amide bonds. The van der Waals surface area contributed by atoms with Crippen LogP contribution in [0.25, 0.3) is 0 Å². The van der Waals surface area contributed by atoms with Crippen LogP contribution >= 0.6 is 0 Å². The van der Waals surface area contributed by atoms with Gasteiger partial charge in [-0.2, -0.15) is 0 Å². The third kappa shape index (κ3) is 21.0. The van der Waals surface area contributed by atoms with Gasteiger partial charge in [0.2, 0.25) is 0 Å². The molecule has 0 atom stereocenters. The van der Waals surface area contributed by atoms with Gasteiger partial charge in [0.25, 0.3) is 0 Å². The van der Waals surface area contributed by atoms with Crippen molar-refractivity contribution in [3.63, 3.8) is 0 Å². The minimum atomic E-state index is -0.760. The summed E-state index contributed by atoms with van der Waals surface area (Å²) >= 11 is 0. The summed E-state index contributed by atoms with van der Waals surface area (Å²) in [6.07, 6.45) is 0. The molecule has 0 bridgehead atoms. The lowest BCUT2D eigenvalue weighted by Crippen LogP contribution is -2.34. The Morgan fingerprint density at radius 1 is 0.160 bits per heavy atom. The highest BCUT2D eigenvalue weighted by molar-refractivity contribution is 5.48.